The molecule has 0 spiro atoms. The first kappa shape index (κ1) is 25.0. The number of benzene rings is 1. The summed E-state index contributed by atoms with van der Waals surface area (Å²) in [5.74, 6) is 0.626. The van der Waals surface area contributed by atoms with E-state index in [1.165, 1.54) is 4.88 Å². The van der Waals surface area contributed by atoms with Crippen molar-refractivity contribution >= 4 is 51.3 Å². The summed E-state index contributed by atoms with van der Waals surface area (Å²) in [7, 11) is -1.77. The molecule has 1 aromatic carbocycles. The molecule has 0 saturated carbocycles. The summed E-state index contributed by atoms with van der Waals surface area (Å²) in [6, 6.07) is 7.20. The van der Waals surface area contributed by atoms with E-state index in [-0.39, 0.29) is 24.0 Å². The van der Waals surface area contributed by atoms with Gasteiger partial charge in [-0.15, -0.1) is 35.3 Å². The van der Waals surface area contributed by atoms with E-state index in [0.717, 1.165) is 35.5 Å². The van der Waals surface area contributed by atoms with Crippen LogP contribution in [0.25, 0.3) is 0 Å². The maximum Gasteiger partial charge on any atom is 0.243 e. The number of nitrogens with zero attached hydrogens (tertiary/aromatic N) is 3. The Morgan fingerprint density at radius 3 is 2.43 bits per heavy atom. The number of halogens is 1. The van der Waals surface area contributed by atoms with Gasteiger partial charge < -0.3 is 10.6 Å². The Morgan fingerprint density at radius 1 is 1.13 bits per heavy atom. The Morgan fingerprint density at radius 2 is 1.80 bits per heavy atom. The highest BCUT2D eigenvalue weighted by atomic mass is 127. The lowest BCUT2D eigenvalue weighted by molar-refractivity contribution is 0.346. The topological polar surface area (TPSA) is 86.7 Å². The fraction of sp³-hybridized carbons (Fsp3) is 0.500. The minimum absolute atomic E-state index is 0. The number of piperidine rings is 1. The third-order valence-corrected chi connectivity index (χ3v) is 8.06. The van der Waals surface area contributed by atoms with Crippen molar-refractivity contribution in [2.45, 2.75) is 51.1 Å². The van der Waals surface area contributed by atoms with Crippen molar-refractivity contribution in [1.29, 1.82) is 0 Å². The van der Waals surface area contributed by atoms with E-state index in [9.17, 15) is 8.42 Å². The first-order valence-electron chi connectivity index (χ1n) is 9.87. The molecule has 166 valence electrons. The molecule has 0 unspecified atom stereocenters. The molecule has 1 aromatic heterocycles. The predicted octanol–water partition coefficient (Wildman–Crippen LogP) is 3.42. The van der Waals surface area contributed by atoms with Crippen LogP contribution in [-0.4, -0.2) is 43.8 Å². The van der Waals surface area contributed by atoms with Gasteiger partial charge in [0, 0.05) is 31.6 Å². The molecule has 0 amide bonds. The van der Waals surface area contributed by atoms with Gasteiger partial charge in [-0.25, -0.2) is 13.4 Å². The van der Waals surface area contributed by atoms with Crippen molar-refractivity contribution in [3.8, 4) is 0 Å². The Balaban J connectivity index is 0.00000320. The maximum atomic E-state index is 13.1. The van der Waals surface area contributed by atoms with Crippen molar-refractivity contribution in [3.05, 3.63) is 45.4 Å². The first-order valence-corrected chi connectivity index (χ1v) is 12.1. The summed E-state index contributed by atoms with van der Waals surface area (Å²) in [5.41, 5.74) is 1.76. The molecule has 0 radical (unpaired) electrons. The van der Waals surface area contributed by atoms with Crippen LogP contribution in [0, 0.1) is 13.8 Å². The number of sulfonamides is 1. The van der Waals surface area contributed by atoms with Crippen LogP contribution in [0.2, 0.25) is 0 Å². The summed E-state index contributed by atoms with van der Waals surface area (Å²) in [4.78, 5) is 10.2. The van der Waals surface area contributed by atoms with Gasteiger partial charge >= 0.3 is 0 Å². The van der Waals surface area contributed by atoms with E-state index in [4.69, 9.17) is 0 Å². The lowest BCUT2D eigenvalue weighted by atomic mass is 10.2. The molecule has 3 rings (SSSR count). The van der Waals surface area contributed by atoms with Crippen molar-refractivity contribution in [1.82, 2.24) is 19.9 Å². The molecule has 2 heterocycles. The number of nitrogens with one attached hydrogen (secondary N) is 2. The number of aryl methyl sites for hydroxylation is 2. The Bertz CT molecular complexity index is 969. The second kappa shape index (κ2) is 11.4. The van der Waals surface area contributed by atoms with Crippen molar-refractivity contribution in [2.75, 3.05) is 20.1 Å². The predicted molar refractivity (Wildman–Crippen MR) is 133 cm³/mol. The van der Waals surface area contributed by atoms with Crippen LogP contribution in [0.4, 0.5) is 0 Å². The minimum Gasteiger partial charge on any atom is -0.352 e. The highest BCUT2D eigenvalue weighted by Crippen LogP contribution is 2.23. The largest absolute Gasteiger partial charge is 0.352 e. The average molecular weight is 564 g/mol. The summed E-state index contributed by atoms with van der Waals surface area (Å²) in [5, 5.41) is 7.56. The molecule has 1 aliphatic rings. The molecule has 1 aliphatic heterocycles. The van der Waals surface area contributed by atoms with Gasteiger partial charge in [-0.05, 0) is 38.3 Å². The third-order valence-electron chi connectivity index (χ3n) is 4.99. The average Bonchev–Trinajstić information content (AvgIpc) is 3.06. The van der Waals surface area contributed by atoms with Gasteiger partial charge in [0.2, 0.25) is 10.0 Å². The fourth-order valence-corrected chi connectivity index (χ4v) is 6.06. The second-order valence-corrected chi connectivity index (χ2v) is 10.3. The Hall–Kier alpha value is -1.24. The number of aromatic nitrogens is 1. The SMILES string of the molecule is CN=C(NCc1ccccc1S(=O)(=O)N1CCCCC1)NCc1sc(C)nc1C.I. The zero-order chi connectivity index (χ0) is 20.9. The molecule has 0 atom stereocenters. The van der Waals surface area contributed by atoms with Gasteiger partial charge in [0.05, 0.1) is 22.1 Å². The van der Waals surface area contributed by atoms with Crippen LogP contribution in [0.1, 0.15) is 40.4 Å². The molecule has 10 heteroatoms. The van der Waals surface area contributed by atoms with Crippen LogP contribution in [0.15, 0.2) is 34.2 Å². The Kier molecular flexibility index (Phi) is 9.51. The van der Waals surface area contributed by atoms with E-state index in [0.29, 0.717) is 37.0 Å². The van der Waals surface area contributed by atoms with Crippen LogP contribution >= 0.6 is 35.3 Å². The molecule has 7 nitrogen and oxygen atoms in total. The standard InChI is InChI=1S/C20H29N5O2S2.HI/c1-15-18(28-16(2)24-15)14-23-20(21-3)22-13-17-9-5-6-10-19(17)29(26,27)25-11-7-4-8-12-25;/h5-6,9-10H,4,7-8,11-14H2,1-3H3,(H2,21,22,23);1H. The van der Waals surface area contributed by atoms with Gasteiger partial charge in [-0.1, -0.05) is 24.6 Å². The van der Waals surface area contributed by atoms with E-state index >= 15 is 0 Å². The number of rotatable bonds is 6. The monoisotopic (exact) mass is 563 g/mol. The van der Waals surface area contributed by atoms with E-state index in [1.807, 2.05) is 26.0 Å². The van der Waals surface area contributed by atoms with Gasteiger partial charge in [-0.2, -0.15) is 4.31 Å². The maximum absolute atomic E-state index is 13.1. The van der Waals surface area contributed by atoms with Crippen molar-refractivity contribution < 1.29 is 8.42 Å². The highest BCUT2D eigenvalue weighted by molar-refractivity contribution is 14.0. The zero-order valence-corrected chi connectivity index (χ0v) is 21.6. The molecule has 0 bridgehead atoms. The zero-order valence-electron chi connectivity index (χ0n) is 17.6. The van der Waals surface area contributed by atoms with E-state index in [1.54, 1.807) is 34.8 Å². The molecular formula is C20H30IN5O2S2. The van der Waals surface area contributed by atoms with Crippen molar-refractivity contribution in [3.63, 3.8) is 0 Å². The number of hydrogen-bond acceptors (Lipinski definition) is 5. The van der Waals surface area contributed by atoms with Gasteiger partial charge in [0.25, 0.3) is 0 Å². The molecule has 1 saturated heterocycles. The number of thiazole rings is 1. The lowest BCUT2D eigenvalue weighted by Crippen LogP contribution is -2.38. The van der Waals surface area contributed by atoms with Crippen molar-refractivity contribution in [2.24, 2.45) is 4.99 Å². The van der Waals surface area contributed by atoms with Gasteiger partial charge in [0.15, 0.2) is 5.96 Å². The number of guanidine groups is 1. The molecule has 1 fully saturated rings. The summed E-state index contributed by atoms with van der Waals surface area (Å²) < 4.78 is 27.8. The van der Waals surface area contributed by atoms with Gasteiger partial charge in [-0.3, -0.25) is 4.99 Å². The molecule has 0 aliphatic carbocycles. The third kappa shape index (κ3) is 6.14. The summed E-state index contributed by atoms with van der Waals surface area (Å²) in [6.07, 6.45) is 2.94. The first-order chi connectivity index (χ1) is 13.9. The quantitative estimate of drug-likeness (QED) is 0.320. The van der Waals surface area contributed by atoms with Crippen LogP contribution in [0.5, 0.6) is 0 Å². The molecular weight excluding hydrogens is 533 g/mol. The normalized spacial score (nSPS) is 15.5. The number of aliphatic imine (C=N–C) groups is 1. The highest BCUT2D eigenvalue weighted by Gasteiger charge is 2.27. The molecule has 2 N–H and O–H groups in total. The van der Waals surface area contributed by atoms with Crippen LogP contribution in [0.3, 0.4) is 0 Å². The van der Waals surface area contributed by atoms with E-state index in [2.05, 4.69) is 20.6 Å². The van der Waals surface area contributed by atoms with Crippen LogP contribution in [-0.2, 0) is 23.1 Å². The summed E-state index contributed by atoms with van der Waals surface area (Å²) >= 11 is 1.66. The molecule has 2 aromatic rings. The summed E-state index contributed by atoms with van der Waals surface area (Å²) in [6.45, 7) is 6.20. The van der Waals surface area contributed by atoms with E-state index < -0.39 is 10.0 Å². The molecule has 30 heavy (non-hydrogen) atoms. The smallest absolute Gasteiger partial charge is 0.243 e. The minimum atomic E-state index is -3.48. The Labute approximate surface area is 200 Å². The van der Waals surface area contributed by atoms with Gasteiger partial charge in [0.1, 0.15) is 0 Å². The second-order valence-electron chi connectivity index (χ2n) is 7.09. The number of hydrogen-bond donors (Lipinski definition) is 2. The lowest BCUT2D eigenvalue weighted by Gasteiger charge is -2.27. The fourth-order valence-electron chi connectivity index (χ4n) is 3.45. The van der Waals surface area contributed by atoms with Crippen LogP contribution < -0.4 is 10.6 Å².